The number of nitrogens with one attached hydrogen (secondary N) is 1. The van der Waals surface area contributed by atoms with Crippen molar-refractivity contribution in [3.63, 3.8) is 0 Å². The van der Waals surface area contributed by atoms with Crippen LogP contribution in [0.25, 0.3) is 0 Å². The number of carbonyl (C=O) groups is 1. The van der Waals surface area contributed by atoms with Crippen LogP contribution >= 0.6 is 0 Å². The fraction of sp³-hybridized carbons (Fsp3) is 0.500. The molecule has 0 aliphatic carbocycles. The number of amides is 1. The molecule has 0 radical (unpaired) electrons. The van der Waals surface area contributed by atoms with Gasteiger partial charge in [-0.2, -0.15) is 0 Å². The highest BCUT2D eigenvalue weighted by Crippen LogP contribution is 2.23. The molecule has 1 aliphatic heterocycles. The van der Waals surface area contributed by atoms with Crippen LogP contribution in [0.2, 0.25) is 0 Å². The fourth-order valence-corrected chi connectivity index (χ4v) is 3.81. The van der Waals surface area contributed by atoms with Crippen molar-refractivity contribution >= 4 is 23.1 Å². The van der Waals surface area contributed by atoms with Crippen molar-refractivity contribution < 1.29 is 9.53 Å². The van der Waals surface area contributed by atoms with Gasteiger partial charge in [0.15, 0.2) is 0 Å². The molecule has 1 fully saturated rings. The summed E-state index contributed by atoms with van der Waals surface area (Å²) in [5.41, 5.74) is 7.03. The van der Waals surface area contributed by atoms with E-state index in [1.807, 2.05) is 49.9 Å². The number of ether oxygens (including phenoxy) is 1. The molecule has 1 amide bonds. The molecule has 1 aromatic heterocycles. The van der Waals surface area contributed by atoms with Gasteiger partial charge >= 0.3 is 5.69 Å². The van der Waals surface area contributed by atoms with Gasteiger partial charge in [-0.25, -0.2) is 9.36 Å². The molecule has 0 unspecified atom stereocenters. The normalized spacial score (nSPS) is 14.1. The van der Waals surface area contributed by atoms with Gasteiger partial charge in [0, 0.05) is 25.3 Å². The summed E-state index contributed by atoms with van der Waals surface area (Å²) in [5, 5.41) is 2.85. The Morgan fingerprint density at radius 1 is 1.16 bits per heavy atom. The van der Waals surface area contributed by atoms with Gasteiger partial charge in [0.25, 0.3) is 5.56 Å². The lowest BCUT2D eigenvalue weighted by molar-refractivity contribution is -0.116. The molecule has 168 valence electrons. The summed E-state index contributed by atoms with van der Waals surface area (Å²) in [5.74, 6) is -0.0842. The topological polar surface area (TPSA) is 112 Å². The first kappa shape index (κ1) is 22.6. The van der Waals surface area contributed by atoms with Crippen LogP contribution in [0.4, 0.5) is 17.2 Å². The van der Waals surface area contributed by atoms with Gasteiger partial charge in [0.1, 0.15) is 18.1 Å². The number of morpholine rings is 1. The van der Waals surface area contributed by atoms with E-state index in [4.69, 9.17) is 10.5 Å². The van der Waals surface area contributed by atoms with E-state index < -0.39 is 17.2 Å². The summed E-state index contributed by atoms with van der Waals surface area (Å²) in [4.78, 5) is 40.9. The zero-order valence-electron chi connectivity index (χ0n) is 18.4. The molecule has 0 bridgehead atoms. The second-order valence-electron chi connectivity index (χ2n) is 7.95. The average Bonchev–Trinajstić information content (AvgIpc) is 2.75. The standard InChI is InChI=1S/C22H31N5O4/c1-4-9-26-20(23)19(25-10-12-31-13-11-25)21(29)27(22(26)30)14-18(28)24-17-8-6-5-7-16(17)15(2)3/h5-8,15H,4,9-14,23H2,1-3H3,(H,24,28). The molecule has 2 heterocycles. The number of nitrogens with zero attached hydrogens (tertiary/aromatic N) is 3. The SMILES string of the molecule is CCCn1c(N)c(N2CCOCC2)c(=O)n(CC(=O)Nc2ccccc2C(C)C)c1=O. The fourth-order valence-electron chi connectivity index (χ4n) is 3.81. The number of benzene rings is 1. The number of hydrogen-bond acceptors (Lipinski definition) is 6. The van der Waals surface area contributed by atoms with E-state index in [9.17, 15) is 14.4 Å². The Morgan fingerprint density at radius 2 is 1.84 bits per heavy atom. The van der Waals surface area contributed by atoms with Crippen molar-refractivity contribution in [3.05, 3.63) is 50.7 Å². The lowest BCUT2D eigenvalue weighted by Gasteiger charge is -2.30. The maximum absolute atomic E-state index is 13.2. The van der Waals surface area contributed by atoms with E-state index in [-0.39, 0.29) is 24.0 Å². The van der Waals surface area contributed by atoms with Crippen LogP contribution in [-0.4, -0.2) is 41.3 Å². The zero-order chi connectivity index (χ0) is 22.5. The van der Waals surface area contributed by atoms with Crippen molar-refractivity contribution in [2.45, 2.75) is 46.2 Å². The van der Waals surface area contributed by atoms with Crippen LogP contribution in [0.15, 0.2) is 33.9 Å². The van der Waals surface area contributed by atoms with E-state index in [1.165, 1.54) is 4.57 Å². The number of anilines is 3. The second-order valence-corrected chi connectivity index (χ2v) is 7.95. The highest BCUT2D eigenvalue weighted by atomic mass is 16.5. The number of nitrogens with two attached hydrogens (primary N) is 1. The minimum atomic E-state index is -0.575. The number of carbonyl (C=O) groups excluding carboxylic acids is 1. The van der Waals surface area contributed by atoms with Crippen molar-refractivity contribution in [1.29, 1.82) is 0 Å². The zero-order valence-corrected chi connectivity index (χ0v) is 18.4. The number of hydrogen-bond donors (Lipinski definition) is 2. The van der Waals surface area contributed by atoms with Gasteiger partial charge in [0.05, 0.1) is 13.2 Å². The van der Waals surface area contributed by atoms with E-state index in [0.29, 0.717) is 45.0 Å². The van der Waals surface area contributed by atoms with Crippen molar-refractivity contribution in [3.8, 4) is 0 Å². The maximum atomic E-state index is 13.2. The molecule has 0 saturated carbocycles. The summed E-state index contributed by atoms with van der Waals surface area (Å²) in [6.07, 6.45) is 0.665. The monoisotopic (exact) mass is 429 g/mol. The summed E-state index contributed by atoms with van der Waals surface area (Å²) in [6, 6.07) is 7.50. The highest BCUT2D eigenvalue weighted by Gasteiger charge is 2.24. The minimum absolute atomic E-state index is 0.139. The number of nitrogen functional groups attached to an aromatic ring is 1. The largest absolute Gasteiger partial charge is 0.383 e. The number of rotatable bonds is 7. The molecule has 0 spiro atoms. The first-order valence-electron chi connectivity index (χ1n) is 10.7. The van der Waals surface area contributed by atoms with Gasteiger partial charge in [-0.05, 0) is 24.0 Å². The third kappa shape index (κ3) is 4.82. The first-order chi connectivity index (χ1) is 14.8. The van der Waals surface area contributed by atoms with Crippen LogP contribution in [0.5, 0.6) is 0 Å². The first-order valence-corrected chi connectivity index (χ1v) is 10.7. The Balaban J connectivity index is 1.98. The molecular weight excluding hydrogens is 398 g/mol. The molecule has 3 rings (SSSR count). The predicted molar refractivity (Wildman–Crippen MR) is 122 cm³/mol. The lowest BCUT2D eigenvalue weighted by Crippen LogP contribution is -2.48. The van der Waals surface area contributed by atoms with Crippen molar-refractivity contribution in [2.75, 3.05) is 42.3 Å². The van der Waals surface area contributed by atoms with Crippen molar-refractivity contribution in [1.82, 2.24) is 9.13 Å². The number of aromatic nitrogens is 2. The highest BCUT2D eigenvalue weighted by molar-refractivity contribution is 5.91. The third-order valence-electron chi connectivity index (χ3n) is 5.38. The van der Waals surface area contributed by atoms with E-state index in [1.54, 1.807) is 0 Å². The summed E-state index contributed by atoms with van der Waals surface area (Å²) in [7, 11) is 0. The van der Waals surface area contributed by atoms with Crippen LogP contribution in [0.1, 0.15) is 38.7 Å². The van der Waals surface area contributed by atoms with E-state index in [0.717, 1.165) is 10.1 Å². The number of para-hydroxylation sites is 1. The molecule has 3 N–H and O–H groups in total. The molecule has 9 nitrogen and oxygen atoms in total. The second kappa shape index (κ2) is 9.82. The van der Waals surface area contributed by atoms with Gasteiger partial charge in [0.2, 0.25) is 5.91 Å². The van der Waals surface area contributed by atoms with Crippen LogP contribution in [0.3, 0.4) is 0 Å². The van der Waals surface area contributed by atoms with Gasteiger partial charge in [-0.3, -0.25) is 14.2 Å². The molecule has 0 atom stereocenters. The van der Waals surface area contributed by atoms with Gasteiger partial charge in [-0.15, -0.1) is 0 Å². The molecule has 1 aromatic carbocycles. The Kier molecular flexibility index (Phi) is 7.17. The van der Waals surface area contributed by atoms with Crippen molar-refractivity contribution in [2.24, 2.45) is 0 Å². The minimum Gasteiger partial charge on any atom is -0.383 e. The molecular formula is C22H31N5O4. The van der Waals surface area contributed by atoms with Gasteiger partial charge in [-0.1, -0.05) is 39.0 Å². The van der Waals surface area contributed by atoms with Gasteiger partial charge < -0.3 is 20.7 Å². The van der Waals surface area contributed by atoms with E-state index in [2.05, 4.69) is 5.32 Å². The molecule has 31 heavy (non-hydrogen) atoms. The molecule has 1 saturated heterocycles. The molecule has 9 heteroatoms. The molecule has 1 aliphatic rings. The predicted octanol–water partition coefficient (Wildman–Crippen LogP) is 1.60. The average molecular weight is 430 g/mol. The van der Waals surface area contributed by atoms with Crippen LogP contribution in [0, 0.1) is 0 Å². The van der Waals surface area contributed by atoms with Crippen LogP contribution < -0.4 is 27.2 Å². The maximum Gasteiger partial charge on any atom is 0.333 e. The lowest BCUT2D eigenvalue weighted by atomic mass is 10.0. The quantitative estimate of drug-likeness (QED) is 0.692. The van der Waals surface area contributed by atoms with E-state index >= 15 is 0 Å². The Morgan fingerprint density at radius 3 is 2.48 bits per heavy atom. The smallest absolute Gasteiger partial charge is 0.333 e. The summed E-state index contributed by atoms with van der Waals surface area (Å²) < 4.78 is 7.72. The Hall–Kier alpha value is -3.07. The third-order valence-corrected chi connectivity index (χ3v) is 5.38. The summed E-state index contributed by atoms with van der Waals surface area (Å²) in [6.45, 7) is 7.91. The Labute approximate surface area is 181 Å². The van der Waals surface area contributed by atoms with Crippen LogP contribution in [-0.2, 0) is 22.6 Å². The summed E-state index contributed by atoms with van der Waals surface area (Å²) >= 11 is 0. The molecule has 2 aromatic rings. The Bertz CT molecular complexity index is 1050.